The molecule has 3 nitrogen and oxygen atoms in total. The first kappa shape index (κ1) is 14.6. The van der Waals surface area contributed by atoms with Crippen LogP contribution in [0.25, 0.3) is 0 Å². The van der Waals surface area contributed by atoms with Crippen molar-refractivity contribution in [2.45, 2.75) is 32.7 Å². The monoisotopic (exact) mass is 271 g/mol. The van der Waals surface area contributed by atoms with Gasteiger partial charge < -0.3 is 10.0 Å². The SMILES string of the molecule is CC(C)C1CCCN1C(=O)c1ccc(C#CCO)cc1. The highest BCUT2D eigenvalue weighted by Crippen LogP contribution is 2.25. The second-order valence-electron chi connectivity index (χ2n) is 5.49. The van der Waals surface area contributed by atoms with Gasteiger partial charge in [-0.1, -0.05) is 25.7 Å². The molecule has 1 aliphatic rings. The Hall–Kier alpha value is -1.79. The molecule has 1 saturated heterocycles. The summed E-state index contributed by atoms with van der Waals surface area (Å²) in [5.74, 6) is 6.04. The van der Waals surface area contributed by atoms with Crippen molar-refractivity contribution in [3.63, 3.8) is 0 Å². The van der Waals surface area contributed by atoms with Gasteiger partial charge in [-0.05, 0) is 43.0 Å². The third-order valence-corrected chi connectivity index (χ3v) is 3.77. The number of hydrogen-bond acceptors (Lipinski definition) is 2. The van der Waals surface area contributed by atoms with Crippen molar-refractivity contribution < 1.29 is 9.90 Å². The van der Waals surface area contributed by atoms with E-state index in [1.54, 1.807) is 0 Å². The van der Waals surface area contributed by atoms with Crippen LogP contribution in [0.4, 0.5) is 0 Å². The molecule has 1 heterocycles. The maximum atomic E-state index is 12.5. The van der Waals surface area contributed by atoms with E-state index in [0.717, 1.165) is 24.9 Å². The van der Waals surface area contributed by atoms with Crippen molar-refractivity contribution in [1.29, 1.82) is 0 Å². The molecule has 0 radical (unpaired) electrons. The lowest BCUT2D eigenvalue weighted by molar-refractivity contribution is 0.0701. The van der Waals surface area contributed by atoms with Crippen LogP contribution in [0, 0.1) is 17.8 Å². The summed E-state index contributed by atoms with van der Waals surface area (Å²) in [5.41, 5.74) is 1.53. The Morgan fingerprint density at radius 2 is 2.10 bits per heavy atom. The Balaban J connectivity index is 2.13. The van der Waals surface area contributed by atoms with E-state index in [4.69, 9.17) is 5.11 Å². The zero-order chi connectivity index (χ0) is 14.5. The van der Waals surface area contributed by atoms with Crippen molar-refractivity contribution in [1.82, 2.24) is 4.90 Å². The predicted molar refractivity (Wildman–Crippen MR) is 79.3 cm³/mol. The highest BCUT2D eigenvalue weighted by atomic mass is 16.2. The van der Waals surface area contributed by atoms with Gasteiger partial charge in [0.15, 0.2) is 0 Å². The van der Waals surface area contributed by atoms with Crippen molar-refractivity contribution in [3.8, 4) is 11.8 Å². The molecule has 1 aromatic carbocycles. The summed E-state index contributed by atoms with van der Waals surface area (Å²) in [6.45, 7) is 5.05. The summed E-state index contributed by atoms with van der Waals surface area (Å²) in [4.78, 5) is 14.5. The Morgan fingerprint density at radius 1 is 1.40 bits per heavy atom. The van der Waals surface area contributed by atoms with Gasteiger partial charge in [0.2, 0.25) is 0 Å². The standard InChI is InChI=1S/C17H21NO2/c1-13(2)16-6-3-11-18(16)17(20)15-9-7-14(8-10-15)5-4-12-19/h7-10,13,16,19H,3,6,11-12H2,1-2H3. The van der Waals surface area contributed by atoms with Crippen LogP contribution >= 0.6 is 0 Å². The lowest BCUT2D eigenvalue weighted by Crippen LogP contribution is -2.38. The highest BCUT2D eigenvalue weighted by molar-refractivity contribution is 5.94. The predicted octanol–water partition coefficient (Wildman–Crippen LogP) is 2.29. The van der Waals surface area contributed by atoms with Gasteiger partial charge in [0.25, 0.3) is 5.91 Å². The average Bonchev–Trinajstić information content (AvgIpc) is 2.94. The first-order valence-corrected chi connectivity index (χ1v) is 7.14. The van der Waals surface area contributed by atoms with Crippen LogP contribution in [0.5, 0.6) is 0 Å². The number of aliphatic hydroxyl groups excluding tert-OH is 1. The largest absolute Gasteiger partial charge is 0.384 e. The second-order valence-corrected chi connectivity index (χ2v) is 5.49. The molecule has 2 rings (SSSR count). The maximum Gasteiger partial charge on any atom is 0.254 e. The molecule has 1 atom stereocenters. The Kier molecular flexibility index (Phi) is 4.81. The van der Waals surface area contributed by atoms with Crippen LogP contribution in [-0.4, -0.2) is 35.1 Å². The molecule has 1 fully saturated rings. The summed E-state index contributed by atoms with van der Waals surface area (Å²) in [6.07, 6.45) is 2.19. The van der Waals surface area contributed by atoms with E-state index in [9.17, 15) is 4.79 Å². The number of rotatable bonds is 2. The zero-order valence-corrected chi connectivity index (χ0v) is 12.1. The summed E-state index contributed by atoms with van der Waals surface area (Å²) in [7, 11) is 0. The topological polar surface area (TPSA) is 40.5 Å². The Labute approximate surface area is 120 Å². The minimum absolute atomic E-state index is 0.114. The van der Waals surface area contributed by atoms with Crippen molar-refractivity contribution in [3.05, 3.63) is 35.4 Å². The third kappa shape index (κ3) is 3.20. The third-order valence-electron chi connectivity index (χ3n) is 3.77. The van der Waals surface area contributed by atoms with Gasteiger partial charge in [0, 0.05) is 23.7 Å². The molecule has 1 aliphatic heterocycles. The van der Waals surface area contributed by atoms with Gasteiger partial charge >= 0.3 is 0 Å². The van der Waals surface area contributed by atoms with Crippen LogP contribution in [0.2, 0.25) is 0 Å². The quantitative estimate of drug-likeness (QED) is 0.838. The number of carbonyl (C=O) groups is 1. The van der Waals surface area contributed by atoms with Gasteiger partial charge in [0.1, 0.15) is 6.61 Å². The molecule has 1 N–H and O–H groups in total. The number of likely N-dealkylation sites (tertiary alicyclic amines) is 1. The molecule has 0 aliphatic carbocycles. The van der Waals surface area contributed by atoms with Gasteiger partial charge in [-0.2, -0.15) is 0 Å². The summed E-state index contributed by atoms with van der Waals surface area (Å²) in [5, 5.41) is 8.66. The van der Waals surface area contributed by atoms with E-state index in [1.165, 1.54) is 0 Å². The van der Waals surface area contributed by atoms with Crippen LogP contribution in [0.3, 0.4) is 0 Å². The minimum atomic E-state index is -0.148. The molecule has 0 saturated carbocycles. The van der Waals surface area contributed by atoms with Crippen LogP contribution in [-0.2, 0) is 0 Å². The van der Waals surface area contributed by atoms with E-state index in [1.807, 2.05) is 29.2 Å². The fourth-order valence-electron chi connectivity index (χ4n) is 2.74. The highest BCUT2D eigenvalue weighted by Gasteiger charge is 2.31. The molecule has 1 unspecified atom stereocenters. The number of nitrogens with zero attached hydrogens (tertiary/aromatic N) is 1. The van der Waals surface area contributed by atoms with E-state index < -0.39 is 0 Å². The molecule has 0 spiro atoms. The molecule has 20 heavy (non-hydrogen) atoms. The fourth-order valence-corrected chi connectivity index (χ4v) is 2.74. The summed E-state index contributed by atoms with van der Waals surface area (Å²) in [6, 6.07) is 7.65. The Bertz CT molecular complexity index is 522. The van der Waals surface area contributed by atoms with Crippen LogP contribution in [0.1, 0.15) is 42.6 Å². The maximum absolute atomic E-state index is 12.5. The number of carbonyl (C=O) groups excluding carboxylic acids is 1. The van der Waals surface area contributed by atoms with Gasteiger partial charge in [-0.15, -0.1) is 0 Å². The molecule has 106 valence electrons. The van der Waals surface area contributed by atoms with Gasteiger partial charge in [0.05, 0.1) is 0 Å². The van der Waals surface area contributed by atoms with Crippen molar-refractivity contribution >= 4 is 5.91 Å². The molecule has 1 aromatic rings. The average molecular weight is 271 g/mol. The van der Waals surface area contributed by atoms with Crippen LogP contribution < -0.4 is 0 Å². The van der Waals surface area contributed by atoms with E-state index in [2.05, 4.69) is 25.7 Å². The van der Waals surface area contributed by atoms with Gasteiger partial charge in [-0.3, -0.25) is 4.79 Å². The molecule has 3 heteroatoms. The number of hydrogen-bond donors (Lipinski definition) is 1. The molecule has 0 bridgehead atoms. The Morgan fingerprint density at radius 3 is 2.70 bits per heavy atom. The van der Waals surface area contributed by atoms with E-state index >= 15 is 0 Å². The smallest absolute Gasteiger partial charge is 0.254 e. The second kappa shape index (κ2) is 6.58. The lowest BCUT2D eigenvalue weighted by Gasteiger charge is -2.27. The normalized spacial score (nSPS) is 18.0. The summed E-state index contributed by atoms with van der Waals surface area (Å²) < 4.78 is 0. The first-order valence-electron chi connectivity index (χ1n) is 7.14. The number of amides is 1. The minimum Gasteiger partial charge on any atom is -0.384 e. The number of aliphatic hydroxyl groups is 1. The van der Waals surface area contributed by atoms with Crippen molar-refractivity contribution in [2.75, 3.05) is 13.2 Å². The first-order chi connectivity index (χ1) is 9.63. The van der Waals surface area contributed by atoms with Crippen molar-refractivity contribution in [2.24, 2.45) is 5.92 Å². The van der Waals surface area contributed by atoms with Crippen LogP contribution in [0.15, 0.2) is 24.3 Å². The molecule has 1 amide bonds. The molecule has 0 aromatic heterocycles. The lowest BCUT2D eigenvalue weighted by atomic mass is 10.0. The van der Waals surface area contributed by atoms with Gasteiger partial charge in [-0.25, -0.2) is 0 Å². The van der Waals surface area contributed by atoms with E-state index in [-0.39, 0.29) is 12.5 Å². The molecular weight excluding hydrogens is 250 g/mol. The molecular formula is C17H21NO2. The zero-order valence-electron chi connectivity index (χ0n) is 12.1. The number of benzene rings is 1. The fraction of sp³-hybridized carbons (Fsp3) is 0.471. The van der Waals surface area contributed by atoms with E-state index in [0.29, 0.717) is 17.5 Å². The summed E-state index contributed by atoms with van der Waals surface area (Å²) >= 11 is 0.